The Labute approximate surface area is 205 Å². The number of thiophene rings is 1. The average molecular weight is 476 g/mol. The number of unbranched alkanes of at least 4 members (excludes halogenated alkanes) is 1. The third kappa shape index (κ3) is 4.95. The van der Waals surface area contributed by atoms with Crippen LogP contribution in [-0.4, -0.2) is 60.0 Å². The van der Waals surface area contributed by atoms with Gasteiger partial charge in [0.05, 0.1) is 4.88 Å². The molecule has 6 nitrogen and oxygen atoms in total. The van der Waals surface area contributed by atoms with Crippen LogP contribution in [0.2, 0.25) is 0 Å². The first-order chi connectivity index (χ1) is 16.6. The van der Waals surface area contributed by atoms with Crippen LogP contribution in [0.25, 0.3) is 21.0 Å². The molecule has 1 amide bonds. The fourth-order valence-corrected chi connectivity index (χ4v) is 5.71. The lowest BCUT2D eigenvalue weighted by Crippen LogP contribution is -2.44. The number of H-pyrrole nitrogens is 1. The van der Waals surface area contributed by atoms with E-state index in [0.29, 0.717) is 0 Å². The van der Waals surface area contributed by atoms with Gasteiger partial charge in [-0.25, -0.2) is 4.98 Å². The normalized spacial score (nSPS) is 15.8. The Kier molecular flexibility index (Phi) is 6.83. The lowest BCUT2D eigenvalue weighted by Gasteiger charge is -2.33. The van der Waals surface area contributed by atoms with Gasteiger partial charge >= 0.3 is 0 Å². The smallest absolute Gasteiger partial charge is 0.261 e. The van der Waals surface area contributed by atoms with E-state index in [1.165, 1.54) is 10.9 Å². The molecule has 4 aromatic rings. The number of para-hydroxylation sites is 1. The van der Waals surface area contributed by atoms with Crippen molar-refractivity contribution in [3.8, 4) is 0 Å². The van der Waals surface area contributed by atoms with Gasteiger partial charge in [0, 0.05) is 65.6 Å². The number of hydrogen-bond acceptors (Lipinski definition) is 5. The average Bonchev–Trinajstić information content (AvgIpc) is 3.47. The highest BCUT2D eigenvalue weighted by Gasteiger charge is 2.20. The van der Waals surface area contributed by atoms with Crippen molar-refractivity contribution >= 4 is 44.1 Å². The number of rotatable bonds is 8. The summed E-state index contributed by atoms with van der Waals surface area (Å²) in [7, 11) is 2.16. The van der Waals surface area contributed by atoms with Crippen LogP contribution < -0.4 is 10.2 Å². The Hall–Kier alpha value is -2.90. The lowest BCUT2D eigenvalue weighted by atomic mass is 10.0. The van der Waals surface area contributed by atoms with Gasteiger partial charge in [0.15, 0.2) is 0 Å². The number of nitrogens with one attached hydrogen (secondary N) is 2. The number of fused-ring (bicyclic) bond motifs is 2. The van der Waals surface area contributed by atoms with Gasteiger partial charge in [-0.1, -0.05) is 38.0 Å². The molecular formula is C27H33N5OS. The Balaban J connectivity index is 1.31. The van der Waals surface area contributed by atoms with Crippen LogP contribution in [0.1, 0.15) is 41.4 Å². The Morgan fingerprint density at radius 1 is 1.21 bits per heavy atom. The number of amides is 1. The maximum Gasteiger partial charge on any atom is 0.261 e. The molecule has 0 unspecified atom stereocenters. The van der Waals surface area contributed by atoms with Crippen LogP contribution in [0, 0.1) is 0 Å². The zero-order valence-electron chi connectivity index (χ0n) is 20.0. The van der Waals surface area contributed by atoms with E-state index in [1.54, 1.807) is 11.3 Å². The lowest BCUT2D eigenvalue weighted by molar-refractivity contribution is 0.0938. The van der Waals surface area contributed by atoms with E-state index in [9.17, 15) is 4.79 Å². The van der Waals surface area contributed by atoms with Gasteiger partial charge in [-0.05, 0) is 43.7 Å². The number of aromatic amines is 1. The zero-order chi connectivity index (χ0) is 23.5. The number of carbonyl (C=O) groups is 1. The molecule has 7 heteroatoms. The number of carbonyl (C=O) groups excluding carboxylic acids is 1. The van der Waals surface area contributed by atoms with Crippen molar-refractivity contribution in [2.75, 3.05) is 38.1 Å². The number of likely N-dealkylation sites (N-methyl/N-ethyl adjacent to an activating group) is 1. The van der Waals surface area contributed by atoms with E-state index >= 15 is 0 Å². The minimum absolute atomic E-state index is 0.0169. The molecule has 1 aromatic carbocycles. The SMILES string of the molecule is CCCC[C@@H](Cc1c[nH]c2ccccc12)NC(=O)c1cc2cnc(N3CCN(C)CC3)cc2s1. The third-order valence-electron chi connectivity index (χ3n) is 6.82. The van der Waals surface area contributed by atoms with Crippen molar-refractivity contribution in [1.82, 2.24) is 20.2 Å². The number of nitrogens with zero attached hydrogens (tertiary/aromatic N) is 3. The molecule has 178 valence electrons. The number of aromatic nitrogens is 2. The van der Waals surface area contributed by atoms with Crippen molar-refractivity contribution in [2.45, 2.75) is 38.6 Å². The van der Waals surface area contributed by atoms with Crippen LogP contribution in [-0.2, 0) is 6.42 Å². The van der Waals surface area contributed by atoms with E-state index in [-0.39, 0.29) is 11.9 Å². The summed E-state index contributed by atoms with van der Waals surface area (Å²) in [4.78, 5) is 26.7. The van der Waals surface area contributed by atoms with Crippen molar-refractivity contribution in [3.05, 3.63) is 59.2 Å². The van der Waals surface area contributed by atoms with Gasteiger partial charge in [0.25, 0.3) is 5.91 Å². The molecule has 0 bridgehead atoms. The van der Waals surface area contributed by atoms with Crippen LogP contribution in [0.3, 0.4) is 0 Å². The molecule has 1 fully saturated rings. The molecule has 0 spiro atoms. The Bertz CT molecular complexity index is 1270. The highest BCUT2D eigenvalue weighted by Crippen LogP contribution is 2.29. The van der Waals surface area contributed by atoms with Gasteiger partial charge in [0.1, 0.15) is 5.82 Å². The molecule has 4 heterocycles. The molecule has 0 radical (unpaired) electrons. The van der Waals surface area contributed by atoms with E-state index in [1.807, 2.05) is 18.3 Å². The molecule has 3 aromatic heterocycles. The summed E-state index contributed by atoms with van der Waals surface area (Å²) in [5.41, 5.74) is 2.40. The second kappa shape index (κ2) is 10.2. The van der Waals surface area contributed by atoms with Gasteiger partial charge in [-0.2, -0.15) is 0 Å². The van der Waals surface area contributed by atoms with Gasteiger partial charge < -0.3 is 20.1 Å². The molecular weight excluding hydrogens is 442 g/mol. The predicted octanol–water partition coefficient (Wildman–Crippen LogP) is 5.06. The Morgan fingerprint density at radius 3 is 2.85 bits per heavy atom. The summed E-state index contributed by atoms with van der Waals surface area (Å²) >= 11 is 1.57. The van der Waals surface area contributed by atoms with Crippen molar-refractivity contribution in [3.63, 3.8) is 0 Å². The van der Waals surface area contributed by atoms with E-state index in [4.69, 9.17) is 0 Å². The van der Waals surface area contributed by atoms with Crippen LogP contribution in [0.15, 0.2) is 48.8 Å². The largest absolute Gasteiger partial charge is 0.361 e. The summed E-state index contributed by atoms with van der Waals surface area (Å²) in [5, 5.41) is 5.61. The Morgan fingerprint density at radius 2 is 2.03 bits per heavy atom. The highest BCUT2D eigenvalue weighted by molar-refractivity contribution is 7.20. The molecule has 0 saturated carbocycles. The number of pyridine rings is 1. The fourth-order valence-electron chi connectivity index (χ4n) is 4.74. The number of benzene rings is 1. The monoisotopic (exact) mass is 475 g/mol. The van der Waals surface area contributed by atoms with E-state index in [0.717, 1.165) is 78.2 Å². The molecule has 1 aliphatic heterocycles. The van der Waals surface area contributed by atoms with Crippen LogP contribution in [0.5, 0.6) is 0 Å². The van der Waals surface area contributed by atoms with Gasteiger partial charge in [-0.15, -0.1) is 11.3 Å². The molecule has 1 saturated heterocycles. The first kappa shape index (κ1) is 22.9. The van der Waals surface area contributed by atoms with Crippen molar-refractivity contribution < 1.29 is 4.79 Å². The number of piperazine rings is 1. The summed E-state index contributed by atoms with van der Waals surface area (Å²) in [6, 6.07) is 12.6. The summed E-state index contributed by atoms with van der Waals surface area (Å²) in [6.45, 7) is 6.27. The van der Waals surface area contributed by atoms with Crippen molar-refractivity contribution in [2.24, 2.45) is 0 Å². The second-order valence-corrected chi connectivity index (χ2v) is 10.4. The van der Waals surface area contributed by atoms with E-state index < -0.39 is 0 Å². The molecule has 5 rings (SSSR count). The highest BCUT2D eigenvalue weighted by atomic mass is 32.1. The topological polar surface area (TPSA) is 64.3 Å². The molecule has 34 heavy (non-hydrogen) atoms. The summed E-state index contributed by atoms with van der Waals surface area (Å²) < 4.78 is 1.12. The maximum absolute atomic E-state index is 13.3. The summed E-state index contributed by atoms with van der Waals surface area (Å²) in [5.74, 6) is 1.03. The second-order valence-electron chi connectivity index (χ2n) is 9.36. The number of anilines is 1. The quantitative estimate of drug-likeness (QED) is 0.374. The third-order valence-corrected chi connectivity index (χ3v) is 7.92. The standard InChI is InChI=1S/C27H33N5OS/c1-3-4-7-21(14-19-17-28-23-9-6-5-8-22(19)23)30-27(33)25-15-20-18-29-26(16-24(20)34-25)32-12-10-31(2)11-13-32/h5-6,8-9,15-18,21,28H,3-4,7,10-14H2,1-2H3,(H,30,33)/t21-/m0/s1. The zero-order valence-corrected chi connectivity index (χ0v) is 20.8. The molecule has 2 N–H and O–H groups in total. The maximum atomic E-state index is 13.3. The van der Waals surface area contributed by atoms with E-state index in [2.05, 4.69) is 69.5 Å². The number of hydrogen-bond donors (Lipinski definition) is 2. The van der Waals surface area contributed by atoms with Crippen molar-refractivity contribution in [1.29, 1.82) is 0 Å². The van der Waals surface area contributed by atoms with Crippen LogP contribution >= 0.6 is 11.3 Å². The first-order valence-corrected chi connectivity index (χ1v) is 13.1. The minimum atomic E-state index is 0.0169. The molecule has 0 aliphatic carbocycles. The minimum Gasteiger partial charge on any atom is -0.361 e. The molecule has 1 atom stereocenters. The predicted molar refractivity (Wildman–Crippen MR) is 142 cm³/mol. The first-order valence-electron chi connectivity index (χ1n) is 12.3. The summed E-state index contributed by atoms with van der Waals surface area (Å²) in [6.07, 6.45) is 8.01. The van der Waals surface area contributed by atoms with Gasteiger partial charge in [0.2, 0.25) is 0 Å². The fraction of sp³-hybridized carbons (Fsp3) is 0.407. The van der Waals surface area contributed by atoms with Gasteiger partial charge in [-0.3, -0.25) is 4.79 Å². The molecule has 1 aliphatic rings. The van der Waals surface area contributed by atoms with Crippen LogP contribution in [0.4, 0.5) is 5.82 Å².